The summed E-state index contributed by atoms with van der Waals surface area (Å²) in [6.45, 7) is 0.482. The number of rotatable bonds is 4. The Morgan fingerprint density at radius 2 is 2.06 bits per heavy atom. The van der Waals surface area contributed by atoms with Crippen molar-refractivity contribution in [2.75, 3.05) is 0 Å². The number of carbonyl (C=O) groups excluding carboxylic acids is 1. The van der Waals surface area contributed by atoms with Gasteiger partial charge in [0.25, 0.3) is 0 Å². The minimum Gasteiger partial charge on any atom is -0.294 e. The minimum absolute atomic E-state index is 0.0319. The van der Waals surface area contributed by atoms with Crippen molar-refractivity contribution in [2.24, 2.45) is 0 Å². The molecule has 0 bridgehead atoms. The van der Waals surface area contributed by atoms with Crippen LogP contribution in [0.25, 0.3) is 0 Å². The Hall–Kier alpha value is -2.04. The predicted octanol–water partition coefficient (Wildman–Crippen LogP) is 1.69. The van der Waals surface area contributed by atoms with E-state index in [1.807, 2.05) is 0 Å². The molecule has 1 heterocycles. The number of aromatic nitrogens is 3. The quantitative estimate of drug-likeness (QED) is 0.735. The van der Waals surface area contributed by atoms with Gasteiger partial charge in [-0.3, -0.25) is 9.48 Å². The molecular formula is C11H10FN3O. The predicted molar refractivity (Wildman–Crippen MR) is 55.4 cm³/mol. The van der Waals surface area contributed by atoms with Gasteiger partial charge in [-0.15, -0.1) is 0 Å². The maximum Gasteiger partial charge on any atom is 0.164 e. The molecule has 0 atom stereocenters. The van der Waals surface area contributed by atoms with Crippen LogP contribution in [0.5, 0.6) is 0 Å². The van der Waals surface area contributed by atoms with Gasteiger partial charge in [0.2, 0.25) is 0 Å². The number of Topliss-reactive ketones (excluding diaryl/α,β-unsaturated/α-hetero) is 1. The lowest BCUT2D eigenvalue weighted by Gasteiger charge is -2.01. The summed E-state index contributed by atoms with van der Waals surface area (Å²) in [5.74, 6) is -0.372. The van der Waals surface area contributed by atoms with Crippen LogP contribution in [-0.4, -0.2) is 20.5 Å². The maximum absolute atomic E-state index is 12.6. The molecule has 0 saturated carbocycles. The van der Waals surface area contributed by atoms with Crippen LogP contribution in [0.15, 0.2) is 36.9 Å². The van der Waals surface area contributed by atoms with Crippen LogP contribution in [0.3, 0.4) is 0 Å². The molecule has 0 spiro atoms. The van der Waals surface area contributed by atoms with Crippen molar-refractivity contribution >= 4 is 5.78 Å². The van der Waals surface area contributed by atoms with Gasteiger partial charge in [0.05, 0.1) is 0 Å². The second-order valence-corrected chi connectivity index (χ2v) is 3.34. The van der Waals surface area contributed by atoms with E-state index in [-0.39, 0.29) is 11.6 Å². The first kappa shape index (κ1) is 10.5. The van der Waals surface area contributed by atoms with Crippen molar-refractivity contribution in [1.29, 1.82) is 0 Å². The van der Waals surface area contributed by atoms with Crippen molar-refractivity contribution in [3.63, 3.8) is 0 Å². The molecule has 2 rings (SSSR count). The van der Waals surface area contributed by atoms with Crippen molar-refractivity contribution in [2.45, 2.75) is 13.0 Å². The fourth-order valence-corrected chi connectivity index (χ4v) is 1.34. The van der Waals surface area contributed by atoms with Crippen LogP contribution < -0.4 is 0 Å². The Kier molecular flexibility index (Phi) is 3.05. The number of ketones is 1. The molecule has 1 aromatic carbocycles. The van der Waals surface area contributed by atoms with Crippen molar-refractivity contribution in [3.05, 3.63) is 48.3 Å². The standard InChI is InChI=1S/C11H10FN3O/c12-10-3-1-9(2-4-10)11(16)5-6-15-8-13-7-14-15/h1-4,7-8H,5-6H2. The van der Waals surface area contributed by atoms with Gasteiger partial charge in [0.1, 0.15) is 18.5 Å². The lowest BCUT2D eigenvalue weighted by Crippen LogP contribution is -2.06. The Balaban J connectivity index is 1.95. The van der Waals surface area contributed by atoms with Crippen LogP contribution in [0.4, 0.5) is 4.39 Å². The molecule has 0 unspecified atom stereocenters. The van der Waals surface area contributed by atoms with Crippen LogP contribution >= 0.6 is 0 Å². The first-order chi connectivity index (χ1) is 7.75. The topological polar surface area (TPSA) is 47.8 Å². The number of aryl methyl sites for hydroxylation is 1. The fourth-order valence-electron chi connectivity index (χ4n) is 1.34. The number of nitrogens with zero attached hydrogens (tertiary/aromatic N) is 3. The first-order valence-electron chi connectivity index (χ1n) is 4.87. The van der Waals surface area contributed by atoms with Crippen molar-refractivity contribution < 1.29 is 9.18 Å². The van der Waals surface area contributed by atoms with Gasteiger partial charge in [-0.2, -0.15) is 5.10 Å². The molecule has 0 aliphatic carbocycles. The molecule has 0 fully saturated rings. The number of carbonyl (C=O) groups is 1. The van der Waals surface area contributed by atoms with Gasteiger partial charge in [-0.1, -0.05) is 0 Å². The molecule has 0 aliphatic heterocycles. The molecule has 1 aromatic heterocycles. The Morgan fingerprint density at radius 1 is 1.31 bits per heavy atom. The average Bonchev–Trinajstić information content (AvgIpc) is 2.80. The van der Waals surface area contributed by atoms with Gasteiger partial charge < -0.3 is 0 Å². The zero-order valence-electron chi connectivity index (χ0n) is 8.51. The van der Waals surface area contributed by atoms with Crippen LogP contribution in [0, 0.1) is 5.82 Å². The molecule has 0 aliphatic rings. The van der Waals surface area contributed by atoms with E-state index in [4.69, 9.17) is 0 Å². The summed E-state index contributed by atoms with van der Waals surface area (Å²) in [7, 11) is 0. The molecule has 0 N–H and O–H groups in total. The lowest BCUT2D eigenvalue weighted by molar-refractivity contribution is 0.0975. The van der Waals surface area contributed by atoms with Gasteiger partial charge in [-0.25, -0.2) is 9.37 Å². The summed E-state index contributed by atoms with van der Waals surface area (Å²) in [6, 6.07) is 5.53. The van der Waals surface area contributed by atoms with E-state index in [1.165, 1.54) is 30.6 Å². The Bertz CT molecular complexity index is 464. The second kappa shape index (κ2) is 4.65. The SMILES string of the molecule is O=C(CCn1cncn1)c1ccc(F)cc1. The lowest BCUT2D eigenvalue weighted by atomic mass is 10.1. The maximum atomic E-state index is 12.6. The Morgan fingerprint density at radius 3 is 2.69 bits per heavy atom. The zero-order chi connectivity index (χ0) is 11.4. The summed E-state index contributed by atoms with van der Waals surface area (Å²) < 4.78 is 14.2. The van der Waals surface area contributed by atoms with E-state index in [9.17, 15) is 9.18 Å². The molecule has 5 heteroatoms. The number of hydrogen-bond acceptors (Lipinski definition) is 3. The Labute approximate surface area is 91.7 Å². The van der Waals surface area contributed by atoms with E-state index in [1.54, 1.807) is 11.0 Å². The monoisotopic (exact) mass is 219 g/mol. The van der Waals surface area contributed by atoms with Gasteiger partial charge in [0, 0.05) is 18.5 Å². The molecule has 4 nitrogen and oxygen atoms in total. The van der Waals surface area contributed by atoms with Crippen LogP contribution in [0.2, 0.25) is 0 Å². The van der Waals surface area contributed by atoms with Crippen LogP contribution in [0.1, 0.15) is 16.8 Å². The fraction of sp³-hybridized carbons (Fsp3) is 0.182. The smallest absolute Gasteiger partial charge is 0.164 e. The van der Waals surface area contributed by atoms with Crippen molar-refractivity contribution in [1.82, 2.24) is 14.8 Å². The first-order valence-corrected chi connectivity index (χ1v) is 4.87. The molecule has 0 saturated heterocycles. The molecule has 2 aromatic rings. The highest BCUT2D eigenvalue weighted by atomic mass is 19.1. The van der Waals surface area contributed by atoms with Crippen molar-refractivity contribution in [3.8, 4) is 0 Å². The van der Waals surface area contributed by atoms with Gasteiger partial charge in [-0.05, 0) is 24.3 Å². The molecule has 82 valence electrons. The van der Waals surface area contributed by atoms with Crippen LogP contribution in [-0.2, 0) is 6.54 Å². The third-order valence-electron chi connectivity index (χ3n) is 2.20. The number of halogens is 1. The summed E-state index contributed by atoms with van der Waals surface area (Å²) in [6.07, 6.45) is 3.30. The van der Waals surface area contributed by atoms with E-state index in [0.717, 1.165) is 0 Å². The highest BCUT2D eigenvalue weighted by molar-refractivity contribution is 5.95. The van der Waals surface area contributed by atoms with E-state index in [2.05, 4.69) is 10.1 Å². The number of benzene rings is 1. The number of hydrogen-bond donors (Lipinski definition) is 0. The highest BCUT2D eigenvalue weighted by Gasteiger charge is 2.06. The van der Waals surface area contributed by atoms with E-state index < -0.39 is 0 Å². The van der Waals surface area contributed by atoms with E-state index in [0.29, 0.717) is 18.5 Å². The molecular weight excluding hydrogens is 209 g/mol. The third kappa shape index (κ3) is 2.50. The third-order valence-corrected chi connectivity index (χ3v) is 2.20. The highest BCUT2D eigenvalue weighted by Crippen LogP contribution is 2.06. The van der Waals surface area contributed by atoms with Gasteiger partial charge >= 0.3 is 0 Å². The second-order valence-electron chi connectivity index (χ2n) is 3.34. The molecule has 0 radical (unpaired) electrons. The summed E-state index contributed by atoms with van der Waals surface area (Å²) >= 11 is 0. The summed E-state index contributed by atoms with van der Waals surface area (Å²) in [5, 5.41) is 3.89. The largest absolute Gasteiger partial charge is 0.294 e. The summed E-state index contributed by atoms with van der Waals surface area (Å²) in [4.78, 5) is 15.4. The minimum atomic E-state index is -0.340. The zero-order valence-corrected chi connectivity index (χ0v) is 8.51. The summed E-state index contributed by atoms with van der Waals surface area (Å²) in [5.41, 5.74) is 0.515. The molecule has 0 amide bonds. The van der Waals surface area contributed by atoms with E-state index >= 15 is 0 Å². The molecule has 16 heavy (non-hydrogen) atoms. The normalized spacial score (nSPS) is 10.3. The average molecular weight is 219 g/mol. The van der Waals surface area contributed by atoms with Gasteiger partial charge in [0.15, 0.2) is 5.78 Å².